The number of halogens is 1. The van der Waals surface area contributed by atoms with Gasteiger partial charge in [0.15, 0.2) is 0 Å². The van der Waals surface area contributed by atoms with Gasteiger partial charge in [-0.2, -0.15) is 5.26 Å². The maximum Gasteiger partial charge on any atom is 0.311 e. The molecule has 2 aliphatic heterocycles. The van der Waals surface area contributed by atoms with E-state index in [0.717, 1.165) is 12.5 Å². The SMILES string of the molecule is C[C@]1(COc2ccc(C#N)c(F)c2)OC(=O)[C@H]2CCCN(C2)C1=O. The summed E-state index contributed by atoms with van der Waals surface area (Å²) in [6.45, 7) is 2.26. The minimum Gasteiger partial charge on any atom is -0.489 e. The number of rotatable bonds is 3. The van der Waals surface area contributed by atoms with E-state index in [1.54, 1.807) is 11.0 Å². The van der Waals surface area contributed by atoms with E-state index in [2.05, 4.69) is 0 Å². The van der Waals surface area contributed by atoms with Gasteiger partial charge in [0, 0.05) is 19.2 Å². The molecular weight excluding hydrogens is 315 g/mol. The molecule has 6 nitrogen and oxygen atoms in total. The molecule has 0 spiro atoms. The van der Waals surface area contributed by atoms with Crippen LogP contribution in [0, 0.1) is 23.1 Å². The average molecular weight is 332 g/mol. The molecule has 24 heavy (non-hydrogen) atoms. The summed E-state index contributed by atoms with van der Waals surface area (Å²) in [4.78, 5) is 26.5. The van der Waals surface area contributed by atoms with Crippen molar-refractivity contribution in [3.05, 3.63) is 29.6 Å². The molecule has 126 valence electrons. The smallest absolute Gasteiger partial charge is 0.311 e. The molecule has 0 radical (unpaired) electrons. The van der Waals surface area contributed by atoms with Gasteiger partial charge in [-0.1, -0.05) is 0 Å². The lowest BCUT2D eigenvalue weighted by Gasteiger charge is -2.31. The number of nitrogens with zero attached hydrogens (tertiary/aromatic N) is 2. The Balaban J connectivity index is 1.77. The summed E-state index contributed by atoms with van der Waals surface area (Å²) in [6.07, 6.45) is 1.48. The van der Waals surface area contributed by atoms with Crippen molar-refractivity contribution in [2.45, 2.75) is 25.4 Å². The lowest BCUT2D eigenvalue weighted by Crippen LogP contribution is -2.51. The van der Waals surface area contributed by atoms with Crippen LogP contribution in [0.3, 0.4) is 0 Å². The van der Waals surface area contributed by atoms with E-state index in [9.17, 15) is 14.0 Å². The predicted octanol–water partition coefficient (Wildman–Crippen LogP) is 1.63. The number of ether oxygens (including phenoxy) is 2. The minimum atomic E-state index is -1.44. The van der Waals surface area contributed by atoms with Crippen molar-refractivity contribution < 1.29 is 23.5 Å². The van der Waals surface area contributed by atoms with Gasteiger partial charge in [-0.25, -0.2) is 4.39 Å². The maximum absolute atomic E-state index is 13.6. The first-order valence-corrected chi connectivity index (χ1v) is 7.77. The van der Waals surface area contributed by atoms with E-state index < -0.39 is 17.4 Å². The number of benzene rings is 1. The molecule has 1 amide bonds. The van der Waals surface area contributed by atoms with Gasteiger partial charge >= 0.3 is 5.97 Å². The lowest BCUT2D eigenvalue weighted by atomic mass is 9.98. The normalized spacial score (nSPS) is 26.4. The van der Waals surface area contributed by atoms with Crippen molar-refractivity contribution in [3.8, 4) is 11.8 Å². The molecule has 2 heterocycles. The summed E-state index contributed by atoms with van der Waals surface area (Å²) in [7, 11) is 0. The Kier molecular flexibility index (Phi) is 4.14. The Morgan fingerprint density at radius 3 is 3.00 bits per heavy atom. The quantitative estimate of drug-likeness (QED) is 0.786. The number of carbonyl (C=O) groups excluding carboxylic acids is 2. The molecule has 7 heteroatoms. The van der Waals surface area contributed by atoms with E-state index in [1.165, 1.54) is 19.1 Å². The topological polar surface area (TPSA) is 79.6 Å². The molecule has 1 aromatic rings. The van der Waals surface area contributed by atoms with E-state index in [4.69, 9.17) is 14.7 Å². The standard InChI is InChI=1S/C17H17FN2O4/c1-17(10-23-13-5-4-11(8-19)14(18)7-13)16(22)20-6-2-3-12(9-20)15(21)24-17/h4-5,7,12H,2-3,6,9-10H2,1H3/t12-,17+/m0/s1. The van der Waals surface area contributed by atoms with Gasteiger partial charge < -0.3 is 14.4 Å². The summed E-state index contributed by atoms with van der Waals surface area (Å²) in [5, 5.41) is 8.73. The zero-order valence-electron chi connectivity index (χ0n) is 13.3. The third-order valence-corrected chi connectivity index (χ3v) is 4.40. The zero-order chi connectivity index (χ0) is 17.3. The Hall–Kier alpha value is -2.62. The molecule has 2 aliphatic rings. The average Bonchev–Trinajstić information content (AvgIpc) is 2.64. The number of hydrogen-bond donors (Lipinski definition) is 0. The van der Waals surface area contributed by atoms with Crippen molar-refractivity contribution in [1.29, 1.82) is 5.26 Å². The van der Waals surface area contributed by atoms with E-state index in [1.807, 2.05) is 0 Å². The minimum absolute atomic E-state index is 0.0922. The highest BCUT2D eigenvalue weighted by Crippen LogP contribution is 2.29. The van der Waals surface area contributed by atoms with Gasteiger partial charge in [0.05, 0.1) is 11.5 Å². The van der Waals surface area contributed by atoms with E-state index >= 15 is 0 Å². The molecule has 0 aliphatic carbocycles. The van der Waals surface area contributed by atoms with Crippen molar-refractivity contribution in [1.82, 2.24) is 4.90 Å². The highest BCUT2D eigenvalue weighted by atomic mass is 19.1. The number of hydrogen-bond acceptors (Lipinski definition) is 5. The molecule has 2 fully saturated rings. The number of fused-ring (bicyclic) bond motifs is 2. The van der Waals surface area contributed by atoms with E-state index in [-0.39, 0.29) is 29.7 Å². The predicted molar refractivity (Wildman–Crippen MR) is 80.4 cm³/mol. The second-order valence-corrected chi connectivity index (χ2v) is 6.28. The molecule has 0 aromatic heterocycles. The van der Waals surface area contributed by atoms with Crippen molar-refractivity contribution >= 4 is 11.9 Å². The summed E-state index contributed by atoms with van der Waals surface area (Å²) >= 11 is 0. The summed E-state index contributed by atoms with van der Waals surface area (Å²) in [5.41, 5.74) is -1.54. The largest absolute Gasteiger partial charge is 0.489 e. The van der Waals surface area contributed by atoms with Crippen LogP contribution in [0.15, 0.2) is 18.2 Å². The number of carbonyl (C=O) groups is 2. The van der Waals surface area contributed by atoms with E-state index in [0.29, 0.717) is 19.5 Å². The van der Waals surface area contributed by atoms with Crippen LogP contribution in [-0.4, -0.2) is 42.1 Å². The van der Waals surface area contributed by atoms with Gasteiger partial charge in [0.1, 0.15) is 24.2 Å². The van der Waals surface area contributed by atoms with Gasteiger partial charge in [-0.05, 0) is 31.9 Å². The number of nitriles is 1. The first kappa shape index (κ1) is 16.2. The monoisotopic (exact) mass is 332 g/mol. The molecule has 0 N–H and O–H groups in total. The van der Waals surface area contributed by atoms with Crippen LogP contribution in [0.2, 0.25) is 0 Å². The van der Waals surface area contributed by atoms with Crippen LogP contribution in [-0.2, 0) is 14.3 Å². The number of esters is 1. The van der Waals surface area contributed by atoms with Gasteiger partial charge in [-0.15, -0.1) is 0 Å². The van der Waals surface area contributed by atoms with Crippen LogP contribution < -0.4 is 4.74 Å². The lowest BCUT2D eigenvalue weighted by molar-refractivity contribution is -0.171. The molecule has 2 bridgehead atoms. The fraction of sp³-hybridized carbons (Fsp3) is 0.471. The Bertz CT molecular complexity index is 730. The Labute approximate surface area is 138 Å². The molecule has 3 rings (SSSR count). The molecule has 2 saturated heterocycles. The van der Waals surface area contributed by atoms with Gasteiger partial charge in [0.2, 0.25) is 5.60 Å². The van der Waals surface area contributed by atoms with Crippen molar-refractivity contribution in [2.75, 3.05) is 19.7 Å². The fourth-order valence-corrected chi connectivity index (χ4v) is 3.03. The first-order valence-electron chi connectivity index (χ1n) is 7.77. The second kappa shape index (κ2) is 6.11. The molecule has 0 saturated carbocycles. The zero-order valence-corrected chi connectivity index (χ0v) is 13.3. The third kappa shape index (κ3) is 2.92. The van der Waals surface area contributed by atoms with Crippen molar-refractivity contribution in [2.24, 2.45) is 5.92 Å². The van der Waals surface area contributed by atoms with Crippen LogP contribution in [0.1, 0.15) is 25.3 Å². The molecule has 2 atom stereocenters. The second-order valence-electron chi connectivity index (χ2n) is 6.28. The number of amides is 1. The van der Waals surface area contributed by atoms with Crippen LogP contribution >= 0.6 is 0 Å². The van der Waals surface area contributed by atoms with Gasteiger partial charge in [-0.3, -0.25) is 9.59 Å². The first-order chi connectivity index (χ1) is 11.4. The molecule has 0 unspecified atom stereocenters. The Morgan fingerprint density at radius 2 is 2.29 bits per heavy atom. The van der Waals surface area contributed by atoms with Crippen LogP contribution in [0.4, 0.5) is 4.39 Å². The van der Waals surface area contributed by atoms with Crippen molar-refractivity contribution in [3.63, 3.8) is 0 Å². The third-order valence-electron chi connectivity index (χ3n) is 4.40. The molecular formula is C17H17FN2O4. The fourth-order valence-electron chi connectivity index (χ4n) is 3.03. The summed E-state index contributed by atoms with van der Waals surface area (Å²) < 4.78 is 24.5. The maximum atomic E-state index is 13.6. The summed E-state index contributed by atoms with van der Waals surface area (Å²) in [5.74, 6) is -1.53. The Morgan fingerprint density at radius 1 is 1.50 bits per heavy atom. The number of piperidine rings is 1. The summed E-state index contributed by atoms with van der Waals surface area (Å²) in [6, 6.07) is 5.53. The van der Waals surface area contributed by atoms with Crippen LogP contribution in [0.25, 0.3) is 0 Å². The molecule has 1 aromatic carbocycles. The highest BCUT2D eigenvalue weighted by molar-refractivity contribution is 5.90. The highest BCUT2D eigenvalue weighted by Gasteiger charge is 2.48. The number of cyclic esters (lactones) is 1. The van der Waals surface area contributed by atoms with Crippen LogP contribution in [0.5, 0.6) is 5.75 Å². The van der Waals surface area contributed by atoms with Gasteiger partial charge in [0.25, 0.3) is 5.91 Å².